The van der Waals surface area contributed by atoms with Crippen LogP contribution >= 0.6 is 11.3 Å². The van der Waals surface area contributed by atoms with Crippen LogP contribution in [0.15, 0.2) is 30.3 Å². The first-order valence-electron chi connectivity index (χ1n) is 10.5. The van der Waals surface area contributed by atoms with Gasteiger partial charge in [0.2, 0.25) is 5.91 Å². The molecule has 1 fully saturated rings. The second kappa shape index (κ2) is 8.67. The van der Waals surface area contributed by atoms with Gasteiger partial charge in [0.1, 0.15) is 5.00 Å². The number of nitrogens with zero attached hydrogens (tertiary/aromatic N) is 1. The second-order valence-electron chi connectivity index (χ2n) is 8.30. The van der Waals surface area contributed by atoms with Crippen LogP contribution in [-0.2, 0) is 24.2 Å². The van der Waals surface area contributed by atoms with Gasteiger partial charge >= 0.3 is 0 Å². The minimum atomic E-state index is -0.438. The number of hydrogen-bond donors (Lipinski definition) is 2. The number of aryl methyl sites for hydroxylation is 1. The predicted molar refractivity (Wildman–Crippen MR) is 117 cm³/mol. The van der Waals surface area contributed by atoms with Gasteiger partial charge in [-0.05, 0) is 62.5 Å². The van der Waals surface area contributed by atoms with Crippen molar-refractivity contribution in [3.05, 3.63) is 51.9 Å². The van der Waals surface area contributed by atoms with E-state index < -0.39 is 5.91 Å². The number of hydrogen-bond acceptors (Lipinski definition) is 4. The molecule has 1 atom stereocenters. The van der Waals surface area contributed by atoms with Crippen LogP contribution in [0.4, 0.5) is 5.00 Å². The number of benzene rings is 1. The van der Waals surface area contributed by atoms with Crippen LogP contribution in [0, 0.1) is 5.92 Å². The number of nitrogens with one attached hydrogen (secondary N) is 1. The summed E-state index contributed by atoms with van der Waals surface area (Å²) in [5.41, 5.74) is 8.45. The zero-order valence-corrected chi connectivity index (χ0v) is 17.8. The lowest BCUT2D eigenvalue weighted by molar-refractivity contribution is -0.118. The van der Waals surface area contributed by atoms with Gasteiger partial charge in [-0.3, -0.25) is 14.5 Å². The fourth-order valence-electron chi connectivity index (χ4n) is 4.30. The summed E-state index contributed by atoms with van der Waals surface area (Å²) in [7, 11) is 0. The first-order valence-corrected chi connectivity index (χ1v) is 11.4. The van der Waals surface area contributed by atoms with Gasteiger partial charge in [0.05, 0.1) is 12.1 Å². The average Bonchev–Trinajstić information content (AvgIpc) is 3.48. The molecule has 6 heteroatoms. The number of fused-ring (bicyclic) bond motifs is 1. The monoisotopic (exact) mass is 411 g/mol. The molecule has 154 valence electrons. The molecule has 0 saturated heterocycles. The van der Waals surface area contributed by atoms with E-state index in [4.69, 9.17) is 5.73 Å². The number of carbonyl (C=O) groups is 2. The molecule has 1 aromatic heterocycles. The fraction of sp³-hybridized carbons (Fsp3) is 0.478. The van der Waals surface area contributed by atoms with E-state index >= 15 is 0 Å². The largest absolute Gasteiger partial charge is 0.365 e. The van der Waals surface area contributed by atoms with Gasteiger partial charge in [-0.1, -0.05) is 30.3 Å². The summed E-state index contributed by atoms with van der Waals surface area (Å²) >= 11 is 1.53. The van der Waals surface area contributed by atoms with Gasteiger partial charge in [0, 0.05) is 17.5 Å². The molecule has 5 nitrogen and oxygen atoms in total. The Bertz CT molecular complexity index is 889. The van der Waals surface area contributed by atoms with E-state index in [-0.39, 0.29) is 5.91 Å². The molecule has 1 saturated carbocycles. The van der Waals surface area contributed by atoms with Crippen molar-refractivity contribution in [3.8, 4) is 0 Å². The van der Waals surface area contributed by atoms with Crippen molar-refractivity contribution < 1.29 is 9.59 Å². The third-order valence-corrected chi connectivity index (χ3v) is 7.33. The molecule has 1 unspecified atom stereocenters. The summed E-state index contributed by atoms with van der Waals surface area (Å²) in [6.07, 6.45) is 6.51. The zero-order valence-electron chi connectivity index (χ0n) is 16.9. The molecule has 2 aromatic rings. The van der Waals surface area contributed by atoms with Crippen LogP contribution in [0.2, 0.25) is 0 Å². The highest BCUT2D eigenvalue weighted by Crippen LogP contribution is 2.38. The number of primary amides is 1. The topological polar surface area (TPSA) is 75.4 Å². The van der Waals surface area contributed by atoms with E-state index in [0.29, 0.717) is 29.1 Å². The summed E-state index contributed by atoms with van der Waals surface area (Å²) in [4.78, 5) is 28.5. The van der Waals surface area contributed by atoms with Crippen molar-refractivity contribution in [2.75, 3.05) is 11.9 Å². The lowest BCUT2D eigenvalue weighted by atomic mass is 9.95. The Morgan fingerprint density at radius 2 is 1.93 bits per heavy atom. The molecule has 1 heterocycles. The maximum atomic E-state index is 12.9. The Kier molecular flexibility index (Phi) is 6.01. The quantitative estimate of drug-likeness (QED) is 0.690. The van der Waals surface area contributed by atoms with E-state index in [9.17, 15) is 9.59 Å². The zero-order chi connectivity index (χ0) is 20.4. The maximum absolute atomic E-state index is 12.9. The van der Waals surface area contributed by atoms with Crippen molar-refractivity contribution in [1.82, 2.24) is 4.90 Å². The van der Waals surface area contributed by atoms with Crippen LogP contribution in [0.1, 0.15) is 59.0 Å². The number of nitrogens with two attached hydrogens (primary N) is 1. The number of anilines is 1. The SMILES string of the molecule is CC(C1CC1)N(CC(=O)Nc1sc2c(c1C(N)=O)CCCC2)Cc1ccccc1. The summed E-state index contributed by atoms with van der Waals surface area (Å²) in [5.74, 6) is 0.156. The molecule has 3 N–H and O–H groups in total. The molecular formula is C23H29N3O2S. The molecule has 0 radical (unpaired) electrons. The summed E-state index contributed by atoms with van der Waals surface area (Å²) < 4.78 is 0. The van der Waals surface area contributed by atoms with Gasteiger partial charge in [0.25, 0.3) is 5.91 Å². The lowest BCUT2D eigenvalue weighted by Gasteiger charge is -2.28. The standard InChI is InChI=1S/C23H29N3O2S/c1-15(17-11-12-17)26(13-16-7-3-2-4-8-16)14-20(27)25-23-21(22(24)28)18-9-5-6-10-19(18)29-23/h2-4,7-8,15,17H,5-6,9-14H2,1H3,(H2,24,28)(H,25,27). The minimum absolute atomic E-state index is 0.0745. The highest BCUT2D eigenvalue weighted by molar-refractivity contribution is 7.17. The molecular weight excluding hydrogens is 382 g/mol. The Morgan fingerprint density at radius 3 is 2.62 bits per heavy atom. The Balaban J connectivity index is 1.49. The summed E-state index contributed by atoms with van der Waals surface area (Å²) in [6.45, 7) is 3.27. The van der Waals surface area contributed by atoms with Crippen LogP contribution in [0.25, 0.3) is 0 Å². The fourth-order valence-corrected chi connectivity index (χ4v) is 5.61. The van der Waals surface area contributed by atoms with Crippen LogP contribution < -0.4 is 11.1 Å². The Morgan fingerprint density at radius 1 is 1.21 bits per heavy atom. The Hall–Kier alpha value is -2.18. The van der Waals surface area contributed by atoms with Crippen LogP contribution in [-0.4, -0.2) is 29.3 Å². The van der Waals surface area contributed by atoms with Gasteiger partial charge in [-0.25, -0.2) is 0 Å². The van der Waals surface area contributed by atoms with Gasteiger partial charge in [0.15, 0.2) is 0 Å². The second-order valence-corrected chi connectivity index (χ2v) is 9.40. The molecule has 1 aromatic carbocycles. The first-order chi connectivity index (χ1) is 14.0. The van der Waals surface area contributed by atoms with E-state index in [0.717, 1.165) is 37.8 Å². The highest BCUT2D eigenvalue weighted by atomic mass is 32.1. The summed E-state index contributed by atoms with van der Waals surface area (Å²) in [5, 5.41) is 3.65. The van der Waals surface area contributed by atoms with Gasteiger partial charge in [-0.15, -0.1) is 11.3 Å². The predicted octanol–water partition coefficient (Wildman–Crippen LogP) is 3.97. The lowest BCUT2D eigenvalue weighted by Crippen LogP contribution is -2.40. The molecule has 2 amide bonds. The van der Waals surface area contributed by atoms with E-state index in [1.807, 2.05) is 18.2 Å². The number of rotatable bonds is 8. The van der Waals surface area contributed by atoms with Crippen LogP contribution in [0.3, 0.4) is 0 Å². The molecule has 0 bridgehead atoms. The highest BCUT2D eigenvalue weighted by Gasteiger charge is 2.33. The Labute approximate surface area is 176 Å². The van der Waals surface area contributed by atoms with E-state index in [1.54, 1.807) is 0 Å². The smallest absolute Gasteiger partial charge is 0.251 e. The first kappa shape index (κ1) is 20.1. The summed E-state index contributed by atoms with van der Waals surface area (Å²) in [6, 6.07) is 10.6. The van der Waals surface area contributed by atoms with Crippen LogP contribution in [0.5, 0.6) is 0 Å². The third kappa shape index (κ3) is 4.70. The van der Waals surface area contributed by atoms with Gasteiger partial charge < -0.3 is 11.1 Å². The van der Waals surface area contributed by atoms with Gasteiger partial charge in [-0.2, -0.15) is 0 Å². The average molecular weight is 412 g/mol. The normalized spacial score (nSPS) is 17.0. The van der Waals surface area contributed by atoms with Crippen molar-refractivity contribution >= 4 is 28.2 Å². The van der Waals surface area contributed by atoms with Crippen molar-refractivity contribution in [3.63, 3.8) is 0 Å². The number of carbonyl (C=O) groups excluding carboxylic acids is 2. The molecule has 29 heavy (non-hydrogen) atoms. The molecule has 4 rings (SSSR count). The number of thiophene rings is 1. The molecule has 2 aliphatic carbocycles. The minimum Gasteiger partial charge on any atom is -0.365 e. The molecule has 2 aliphatic rings. The van der Waals surface area contributed by atoms with Crippen molar-refractivity contribution in [1.29, 1.82) is 0 Å². The molecule has 0 spiro atoms. The van der Waals surface area contributed by atoms with Crippen molar-refractivity contribution in [2.45, 2.75) is 58.0 Å². The maximum Gasteiger partial charge on any atom is 0.251 e. The van der Waals surface area contributed by atoms with E-state index in [2.05, 4.69) is 29.3 Å². The van der Waals surface area contributed by atoms with Crippen molar-refractivity contribution in [2.24, 2.45) is 11.7 Å². The van der Waals surface area contributed by atoms with E-state index in [1.165, 1.54) is 34.6 Å². The molecule has 0 aliphatic heterocycles. The number of amides is 2. The third-order valence-electron chi connectivity index (χ3n) is 6.13.